The fourth-order valence-electron chi connectivity index (χ4n) is 7.80. The molecule has 6 heteroatoms. The fourth-order valence-corrected chi connectivity index (χ4v) is 7.80. The van der Waals surface area contributed by atoms with E-state index < -0.39 is 18.5 Å². The summed E-state index contributed by atoms with van der Waals surface area (Å²) in [6, 6.07) is 24.5. The maximum atomic E-state index is 6.79. The number of fused-ring (bicyclic) bond motifs is 1. The molecule has 4 nitrogen and oxygen atoms in total. The van der Waals surface area contributed by atoms with Crippen molar-refractivity contribution in [2.75, 3.05) is 9.62 Å². The molecule has 0 atom stereocenters. The van der Waals surface area contributed by atoms with E-state index in [-0.39, 0.29) is 6.85 Å². The predicted molar refractivity (Wildman–Crippen MR) is 207 cm³/mol. The molecule has 0 bridgehead atoms. The third-order valence-electron chi connectivity index (χ3n) is 10.6. The minimum atomic E-state index is -0.612. The first-order valence-electron chi connectivity index (χ1n) is 17.2. The van der Waals surface area contributed by atoms with Crippen molar-refractivity contribution in [1.29, 1.82) is 0 Å². The molecule has 0 spiro atoms. The summed E-state index contributed by atoms with van der Waals surface area (Å²) >= 11 is 0. The molecule has 0 aromatic heterocycles. The van der Waals surface area contributed by atoms with Gasteiger partial charge in [0.25, 0.3) is 0 Å². The Morgan fingerprint density at radius 1 is 0.625 bits per heavy atom. The largest absolute Gasteiger partial charge is 0.598 e. The van der Waals surface area contributed by atoms with Gasteiger partial charge in [-0.2, -0.15) is 0 Å². The zero-order valence-corrected chi connectivity index (χ0v) is 30.9. The number of benzene rings is 4. The molecule has 0 amide bonds. The summed E-state index contributed by atoms with van der Waals surface area (Å²) in [6.07, 6.45) is 6.76. The van der Waals surface area contributed by atoms with E-state index in [0.29, 0.717) is 0 Å². The third-order valence-corrected chi connectivity index (χ3v) is 10.6. The monoisotopic (exact) mass is 636 g/mol. The number of anilines is 2. The molecule has 0 N–H and O–H groups in total. The molecular weight excluding hydrogens is 586 g/mol. The van der Waals surface area contributed by atoms with Crippen molar-refractivity contribution in [3.8, 4) is 0 Å². The van der Waals surface area contributed by atoms with Crippen LogP contribution in [0, 0.1) is 55.4 Å². The maximum Gasteiger partial charge on any atom is 0.598 e. The average molecular weight is 636 g/mol. The van der Waals surface area contributed by atoms with Gasteiger partial charge in [-0.3, -0.25) is 0 Å². The van der Waals surface area contributed by atoms with Gasteiger partial charge in [0.05, 0.1) is 11.2 Å². The summed E-state index contributed by atoms with van der Waals surface area (Å²) < 4.78 is 13.6. The Morgan fingerprint density at radius 3 is 1.60 bits per heavy atom. The van der Waals surface area contributed by atoms with Crippen LogP contribution >= 0.6 is 0 Å². The van der Waals surface area contributed by atoms with Crippen molar-refractivity contribution in [2.24, 2.45) is 0 Å². The van der Waals surface area contributed by atoms with Gasteiger partial charge >= 0.3 is 14.1 Å². The molecule has 0 radical (unpaired) electrons. The first kappa shape index (κ1) is 33.9. The van der Waals surface area contributed by atoms with Crippen LogP contribution in [0.2, 0.25) is 0 Å². The summed E-state index contributed by atoms with van der Waals surface area (Å²) in [6.45, 7) is 26.2. The van der Waals surface area contributed by atoms with E-state index in [1.54, 1.807) is 0 Å². The molecule has 6 rings (SSSR count). The van der Waals surface area contributed by atoms with Crippen molar-refractivity contribution in [3.63, 3.8) is 0 Å². The van der Waals surface area contributed by atoms with Gasteiger partial charge in [-0.1, -0.05) is 100 Å². The second kappa shape index (κ2) is 12.5. The molecule has 1 saturated heterocycles. The number of hydrogen-bond donors (Lipinski definition) is 0. The number of aryl methyl sites for hydroxylation is 8. The molecule has 0 aliphatic carbocycles. The quantitative estimate of drug-likeness (QED) is 0.198. The molecule has 48 heavy (non-hydrogen) atoms. The summed E-state index contributed by atoms with van der Waals surface area (Å²) in [5, 5.41) is 0. The van der Waals surface area contributed by atoms with E-state index >= 15 is 0 Å². The van der Waals surface area contributed by atoms with Crippen LogP contribution in [0.25, 0.3) is 6.08 Å². The lowest BCUT2D eigenvalue weighted by Crippen LogP contribution is -2.60. The molecular formula is C42H50B2N2O2. The van der Waals surface area contributed by atoms with Crippen LogP contribution in [-0.2, 0) is 9.31 Å². The molecule has 0 saturated carbocycles. The molecule has 4 aromatic carbocycles. The molecule has 2 heterocycles. The van der Waals surface area contributed by atoms with Crippen LogP contribution in [0.1, 0.15) is 77.8 Å². The standard InChI is InChI=1S/C42H50B2N2O2/c1-27-22-31(5)38(32(6)23-27)43(39-33(7)24-28(2)25-34(39)8)46-36(21-20-35-18-13-14-19-37(35)46)26-45(40-29(3)16-15-17-30(40)4)44-47-41(9,10)42(11,12)48-44/h13-26H,1-12H3/b36-26+. The number of para-hydroxylation sites is 2. The van der Waals surface area contributed by atoms with Gasteiger partial charge in [0.15, 0.2) is 0 Å². The summed E-state index contributed by atoms with van der Waals surface area (Å²) in [4.78, 5) is 4.78. The average Bonchev–Trinajstić information content (AvgIpc) is 3.20. The van der Waals surface area contributed by atoms with Crippen molar-refractivity contribution in [3.05, 3.63) is 135 Å². The Bertz CT molecular complexity index is 1820. The van der Waals surface area contributed by atoms with Gasteiger partial charge in [0, 0.05) is 23.3 Å². The van der Waals surface area contributed by atoms with Crippen LogP contribution in [0.3, 0.4) is 0 Å². The zero-order chi connectivity index (χ0) is 34.7. The summed E-state index contributed by atoms with van der Waals surface area (Å²) in [5.41, 5.74) is 16.3. The van der Waals surface area contributed by atoms with E-state index in [1.165, 1.54) is 66.7 Å². The highest BCUT2D eigenvalue weighted by Crippen LogP contribution is 2.41. The van der Waals surface area contributed by atoms with E-state index in [9.17, 15) is 0 Å². The summed E-state index contributed by atoms with van der Waals surface area (Å²) in [7, 11) is -0.612. The SMILES string of the molecule is Cc1cc(C)c(B(c2c(C)cc(C)cc2C)N2/C(=C/N(B3OC(C)(C)C(C)(C)O3)c3c(C)cccc3C)C=Cc3ccccc32)c(C)c1. The summed E-state index contributed by atoms with van der Waals surface area (Å²) in [5.74, 6) is 0. The second-order valence-corrected chi connectivity index (χ2v) is 15.1. The number of allylic oxidation sites excluding steroid dienone is 1. The number of hydrogen-bond acceptors (Lipinski definition) is 4. The first-order chi connectivity index (χ1) is 22.6. The van der Waals surface area contributed by atoms with Crippen molar-refractivity contribution < 1.29 is 9.31 Å². The fraction of sp³-hybridized carbons (Fsp3) is 0.333. The van der Waals surface area contributed by atoms with E-state index in [4.69, 9.17) is 9.31 Å². The van der Waals surface area contributed by atoms with Crippen LogP contribution in [-0.4, -0.2) is 25.3 Å². The van der Waals surface area contributed by atoms with Gasteiger partial charge < -0.3 is 18.9 Å². The van der Waals surface area contributed by atoms with Gasteiger partial charge in [0.2, 0.25) is 0 Å². The van der Waals surface area contributed by atoms with Gasteiger partial charge in [-0.05, 0) is 123 Å². The zero-order valence-electron chi connectivity index (χ0n) is 30.9. The lowest BCUT2D eigenvalue weighted by atomic mass is 9.44. The maximum absolute atomic E-state index is 6.79. The number of rotatable bonds is 6. The highest BCUT2D eigenvalue weighted by Gasteiger charge is 2.54. The minimum absolute atomic E-state index is 0.0818. The molecule has 2 aliphatic rings. The first-order valence-corrected chi connectivity index (χ1v) is 17.2. The van der Waals surface area contributed by atoms with E-state index in [1.807, 2.05) is 0 Å². The van der Waals surface area contributed by atoms with Crippen LogP contribution in [0.15, 0.2) is 84.7 Å². The Hall–Kier alpha value is -3.99. The highest BCUT2D eigenvalue weighted by atomic mass is 16.7. The lowest BCUT2D eigenvalue weighted by Gasteiger charge is -2.40. The minimum Gasteiger partial charge on any atom is -0.384 e. The normalized spacial score (nSPS) is 17.2. The lowest BCUT2D eigenvalue weighted by molar-refractivity contribution is 0.00578. The predicted octanol–water partition coefficient (Wildman–Crippen LogP) is 8.73. The van der Waals surface area contributed by atoms with Crippen molar-refractivity contribution in [2.45, 2.75) is 94.3 Å². The smallest absolute Gasteiger partial charge is 0.384 e. The van der Waals surface area contributed by atoms with Crippen molar-refractivity contribution in [1.82, 2.24) is 0 Å². The van der Waals surface area contributed by atoms with Crippen molar-refractivity contribution >= 4 is 42.5 Å². The second-order valence-electron chi connectivity index (χ2n) is 15.1. The highest BCUT2D eigenvalue weighted by molar-refractivity contribution is 6.90. The topological polar surface area (TPSA) is 24.9 Å². The third kappa shape index (κ3) is 5.95. The Labute approximate surface area is 289 Å². The van der Waals surface area contributed by atoms with Gasteiger partial charge in [0.1, 0.15) is 0 Å². The van der Waals surface area contributed by atoms with E-state index in [0.717, 1.165) is 11.4 Å². The van der Waals surface area contributed by atoms with Gasteiger partial charge in [-0.25, -0.2) is 0 Å². The van der Waals surface area contributed by atoms with Crippen LogP contribution < -0.4 is 20.5 Å². The molecule has 0 unspecified atom stereocenters. The Kier molecular flexibility index (Phi) is 8.81. The van der Waals surface area contributed by atoms with E-state index in [2.05, 4.69) is 178 Å². The Morgan fingerprint density at radius 2 is 1.10 bits per heavy atom. The van der Waals surface area contributed by atoms with Gasteiger partial charge in [-0.15, -0.1) is 0 Å². The van der Waals surface area contributed by atoms with Crippen LogP contribution in [0.5, 0.6) is 0 Å². The molecule has 1 fully saturated rings. The molecule has 4 aromatic rings. The van der Waals surface area contributed by atoms with Crippen LogP contribution in [0.4, 0.5) is 11.4 Å². The molecule has 2 aliphatic heterocycles. The number of nitrogens with zero attached hydrogens (tertiary/aromatic N) is 2. The Balaban J connectivity index is 1.67. The molecule has 246 valence electrons.